The Morgan fingerprint density at radius 1 is 0.694 bits per heavy atom. The molecule has 0 aromatic heterocycles. The predicted octanol–water partition coefficient (Wildman–Crippen LogP) is 0.993. The molecule has 2 aliphatic rings. The van der Waals surface area contributed by atoms with Crippen molar-refractivity contribution < 1.29 is 57.8 Å². The van der Waals surface area contributed by atoms with Crippen LogP contribution in [0.5, 0.6) is 23.0 Å². The summed E-state index contributed by atoms with van der Waals surface area (Å²) in [5, 5.41) is 19.6. The quantitative estimate of drug-likeness (QED) is 0.124. The Bertz CT molecular complexity index is 1420. The van der Waals surface area contributed by atoms with Crippen LogP contribution in [0.15, 0.2) is 24.3 Å². The van der Waals surface area contributed by atoms with Crippen LogP contribution in [0.2, 0.25) is 0 Å². The molecule has 2 aromatic rings. The number of esters is 2. The lowest BCUT2D eigenvalue weighted by atomic mass is 10.1. The van der Waals surface area contributed by atoms with Gasteiger partial charge in [0.2, 0.25) is 0 Å². The van der Waals surface area contributed by atoms with Crippen LogP contribution in [-0.4, -0.2) is 122 Å². The summed E-state index contributed by atoms with van der Waals surface area (Å²) in [5.41, 5.74) is 13.1. The number of nitrogens with two attached hydrogens (primary N) is 2. The van der Waals surface area contributed by atoms with Crippen LogP contribution < -0.4 is 30.4 Å². The minimum Gasteiger partial charge on any atom is -0.493 e. The van der Waals surface area contributed by atoms with E-state index in [1.807, 2.05) is 0 Å². The normalized spacial score (nSPS) is 20.1. The molecular formula is C33H44N4O12. The van der Waals surface area contributed by atoms with Gasteiger partial charge in [0.25, 0.3) is 11.8 Å². The molecule has 2 saturated heterocycles. The molecule has 0 aliphatic carbocycles. The zero-order valence-corrected chi connectivity index (χ0v) is 28.0. The van der Waals surface area contributed by atoms with Crippen molar-refractivity contribution in [2.24, 2.45) is 0 Å². The first kappa shape index (κ1) is 36.9. The number of nitrogens with zero attached hydrogens (tertiary/aromatic N) is 2. The van der Waals surface area contributed by atoms with Crippen LogP contribution in [-0.2, 0) is 19.1 Å². The van der Waals surface area contributed by atoms with Crippen molar-refractivity contribution in [2.45, 2.75) is 57.4 Å². The van der Waals surface area contributed by atoms with Crippen LogP contribution in [0.1, 0.15) is 53.8 Å². The highest BCUT2D eigenvalue weighted by Gasteiger charge is 2.39. The van der Waals surface area contributed by atoms with E-state index in [9.17, 15) is 29.4 Å². The van der Waals surface area contributed by atoms with Gasteiger partial charge in [-0.1, -0.05) is 0 Å². The van der Waals surface area contributed by atoms with Crippen LogP contribution in [0.4, 0.5) is 11.4 Å². The van der Waals surface area contributed by atoms with Gasteiger partial charge in [0.15, 0.2) is 23.0 Å². The molecule has 0 bridgehead atoms. The fraction of sp³-hybridized carbons (Fsp3) is 0.515. The van der Waals surface area contributed by atoms with Crippen molar-refractivity contribution >= 4 is 35.1 Å². The Labute approximate surface area is 283 Å². The standard InChI is InChI=1S/C33H44N4O12/c1-18(40)48-22-8-20(16-38)36(14-22)32(42)24-10-28(44-3)30(12-26(24)34)46-6-5-7-47-31-13-27(35)25(11-29(31)45-4)33(43)37-15-23(49-19(2)41)9-21(37)17-39/h10-13,20-23,38-39H,5-9,14-17,34-35H2,1-4H3/t20-,21-,22+,23+/m0/s1. The lowest BCUT2D eigenvalue weighted by molar-refractivity contribution is -0.146. The summed E-state index contributed by atoms with van der Waals surface area (Å²) in [6.45, 7) is 2.59. The van der Waals surface area contributed by atoms with Crippen molar-refractivity contribution in [3.8, 4) is 23.0 Å². The number of likely N-dealkylation sites (tertiary alicyclic amines) is 2. The van der Waals surface area contributed by atoms with Gasteiger partial charge in [0.1, 0.15) is 12.2 Å². The number of carbonyl (C=O) groups is 4. The van der Waals surface area contributed by atoms with E-state index in [0.717, 1.165) is 0 Å². The fourth-order valence-corrected chi connectivity index (χ4v) is 6.03. The van der Waals surface area contributed by atoms with Crippen molar-refractivity contribution in [1.82, 2.24) is 9.80 Å². The zero-order chi connectivity index (χ0) is 35.8. The van der Waals surface area contributed by atoms with E-state index in [0.29, 0.717) is 30.8 Å². The summed E-state index contributed by atoms with van der Waals surface area (Å²) in [5.74, 6) is -0.669. The number of carbonyl (C=O) groups excluding carboxylic acids is 4. The first-order valence-electron chi connectivity index (χ1n) is 15.8. The summed E-state index contributed by atoms with van der Waals surface area (Å²) in [7, 11) is 2.85. The molecule has 49 heavy (non-hydrogen) atoms. The minimum absolute atomic E-state index is 0.125. The van der Waals surface area contributed by atoms with Gasteiger partial charge in [0, 0.05) is 56.6 Å². The van der Waals surface area contributed by atoms with Crippen LogP contribution in [0.25, 0.3) is 0 Å². The highest BCUT2D eigenvalue weighted by molar-refractivity contribution is 6.01. The second-order valence-corrected chi connectivity index (χ2v) is 11.8. The number of aliphatic hydroxyl groups is 2. The SMILES string of the molecule is COc1cc(C(=O)N2C[C@H](OC(C)=O)C[C@H]2CO)c(N)cc1OCCCOc1cc(N)c(C(=O)N2C[C@H](OC(C)=O)C[C@H]2CO)cc1OC. The molecule has 16 heteroatoms. The highest BCUT2D eigenvalue weighted by Crippen LogP contribution is 2.36. The number of amides is 2. The lowest BCUT2D eigenvalue weighted by Gasteiger charge is -2.24. The second-order valence-electron chi connectivity index (χ2n) is 11.8. The fourth-order valence-electron chi connectivity index (χ4n) is 6.03. The summed E-state index contributed by atoms with van der Waals surface area (Å²) in [4.78, 5) is 52.4. The molecule has 0 spiro atoms. The monoisotopic (exact) mass is 688 g/mol. The molecule has 4 rings (SSSR count). The van der Waals surface area contributed by atoms with E-state index < -0.39 is 48.0 Å². The van der Waals surface area contributed by atoms with Crippen molar-refractivity contribution in [2.75, 3.05) is 65.2 Å². The van der Waals surface area contributed by atoms with E-state index >= 15 is 0 Å². The van der Waals surface area contributed by atoms with Crippen molar-refractivity contribution in [3.05, 3.63) is 35.4 Å². The summed E-state index contributed by atoms with van der Waals surface area (Å²) in [6.07, 6.45) is -0.0277. The molecular weight excluding hydrogens is 644 g/mol. The van der Waals surface area contributed by atoms with Gasteiger partial charge in [-0.2, -0.15) is 0 Å². The smallest absolute Gasteiger partial charge is 0.302 e. The van der Waals surface area contributed by atoms with Crippen molar-refractivity contribution in [1.29, 1.82) is 0 Å². The summed E-state index contributed by atoms with van der Waals surface area (Å²) >= 11 is 0. The molecule has 6 N–H and O–H groups in total. The van der Waals surface area contributed by atoms with Gasteiger partial charge in [0.05, 0.1) is 76.9 Å². The maximum Gasteiger partial charge on any atom is 0.302 e. The van der Waals surface area contributed by atoms with Crippen LogP contribution in [0, 0.1) is 0 Å². The number of benzene rings is 2. The number of anilines is 2. The maximum absolute atomic E-state index is 13.4. The van der Waals surface area contributed by atoms with Crippen LogP contribution in [0.3, 0.4) is 0 Å². The molecule has 2 fully saturated rings. The molecule has 2 aromatic carbocycles. The zero-order valence-electron chi connectivity index (χ0n) is 28.0. The molecule has 2 aliphatic heterocycles. The summed E-state index contributed by atoms with van der Waals surface area (Å²) in [6, 6.07) is 4.83. The molecule has 2 heterocycles. The van der Waals surface area contributed by atoms with E-state index in [2.05, 4.69) is 0 Å². The number of hydrogen-bond donors (Lipinski definition) is 4. The van der Waals surface area contributed by atoms with Crippen LogP contribution >= 0.6 is 0 Å². The molecule has 0 saturated carbocycles. The van der Waals surface area contributed by atoms with Gasteiger partial charge in [-0.3, -0.25) is 19.2 Å². The van der Waals surface area contributed by atoms with Gasteiger partial charge < -0.3 is 59.9 Å². The highest BCUT2D eigenvalue weighted by atomic mass is 16.6. The van der Waals surface area contributed by atoms with E-state index in [-0.39, 0.29) is 73.5 Å². The number of ether oxygens (including phenoxy) is 6. The Morgan fingerprint density at radius 2 is 1.08 bits per heavy atom. The van der Waals surface area contributed by atoms with Gasteiger partial charge in [-0.25, -0.2) is 0 Å². The van der Waals surface area contributed by atoms with Gasteiger partial charge >= 0.3 is 11.9 Å². The Morgan fingerprint density at radius 3 is 1.41 bits per heavy atom. The molecule has 0 radical (unpaired) electrons. The minimum atomic E-state index is -0.533. The first-order chi connectivity index (χ1) is 23.4. The van der Waals surface area contributed by atoms with E-state index in [1.54, 1.807) is 0 Å². The Kier molecular flexibility index (Phi) is 12.4. The molecule has 4 atom stereocenters. The van der Waals surface area contributed by atoms with Gasteiger partial charge in [-0.15, -0.1) is 0 Å². The number of rotatable bonds is 14. The third-order valence-electron chi connectivity index (χ3n) is 8.30. The average molecular weight is 689 g/mol. The third-order valence-corrected chi connectivity index (χ3v) is 8.30. The lowest BCUT2D eigenvalue weighted by Crippen LogP contribution is -2.38. The second kappa shape index (κ2) is 16.4. The number of nitrogen functional groups attached to an aromatic ring is 2. The molecule has 2 amide bonds. The molecule has 16 nitrogen and oxygen atoms in total. The number of methoxy groups -OCH3 is 2. The van der Waals surface area contributed by atoms with Gasteiger partial charge in [-0.05, 0) is 12.1 Å². The number of aliphatic hydroxyl groups excluding tert-OH is 2. The Hall–Kier alpha value is -4.96. The van der Waals surface area contributed by atoms with E-state index in [4.69, 9.17) is 39.9 Å². The predicted molar refractivity (Wildman–Crippen MR) is 175 cm³/mol. The molecule has 0 unspecified atom stereocenters. The third kappa shape index (κ3) is 8.75. The number of hydrogen-bond acceptors (Lipinski definition) is 14. The summed E-state index contributed by atoms with van der Waals surface area (Å²) < 4.78 is 33.2. The van der Waals surface area contributed by atoms with E-state index in [1.165, 1.54) is 62.1 Å². The topological polar surface area (TPSA) is 223 Å². The molecule has 268 valence electrons. The maximum atomic E-state index is 13.4. The Balaban J connectivity index is 1.36. The average Bonchev–Trinajstić information content (AvgIpc) is 3.66. The largest absolute Gasteiger partial charge is 0.493 e. The van der Waals surface area contributed by atoms with Crippen molar-refractivity contribution in [3.63, 3.8) is 0 Å². The first-order valence-corrected chi connectivity index (χ1v) is 15.8.